The fraction of sp³-hybridized carbons (Fsp3) is 0.750. The van der Waals surface area contributed by atoms with Crippen LogP contribution in [-0.2, 0) is 0 Å². The van der Waals surface area contributed by atoms with Gasteiger partial charge in [-0.05, 0) is 44.4 Å². The molecule has 2 heteroatoms. The van der Waals surface area contributed by atoms with E-state index in [2.05, 4.69) is 24.4 Å². The predicted octanol–water partition coefficient (Wildman–Crippen LogP) is 4.60. The second-order valence-electron chi connectivity index (χ2n) is 5.64. The Balaban J connectivity index is 1.85. The van der Waals surface area contributed by atoms with Crippen LogP contribution in [0.2, 0.25) is 0 Å². The largest absolute Gasteiger partial charge is 0.465 e. The number of aryl methyl sites for hydroxylation is 1. The van der Waals surface area contributed by atoms with E-state index in [-0.39, 0.29) is 0 Å². The van der Waals surface area contributed by atoms with Crippen molar-refractivity contribution < 1.29 is 4.42 Å². The molecule has 1 aromatic heterocycles. The van der Waals surface area contributed by atoms with E-state index in [0.29, 0.717) is 6.04 Å². The summed E-state index contributed by atoms with van der Waals surface area (Å²) < 4.78 is 5.78. The van der Waals surface area contributed by atoms with Gasteiger partial charge in [-0.3, -0.25) is 0 Å². The van der Waals surface area contributed by atoms with Crippen molar-refractivity contribution in [3.8, 4) is 0 Å². The quantitative estimate of drug-likeness (QED) is 0.797. The van der Waals surface area contributed by atoms with E-state index in [4.69, 9.17) is 4.42 Å². The minimum Gasteiger partial charge on any atom is -0.465 e. The van der Waals surface area contributed by atoms with E-state index in [1.165, 1.54) is 44.9 Å². The minimum absolute atomic E-state index is 0.408. The van der Waals surface area contributed by atoms with Gasteiger partial charge in [-0.25, -0.2) is 0 Å². The first-order chi connectivity index (χ1) is 8.79. The van der Waals surface area contributed by atoms with Gasteiger partial charge in [-0.2, -0.15) is 0 Å². The first-order valence-electron chi connectivity index (χ1n) is 7.59. The number of hydrogen-bond acceptors (Lipinski definition) is 2. The zero-order valence-electron chi connectivity index (χ0n) is 11.9. The fourth-order valence-electron chi connectivity index (χ4n) is 3.11. The molecular formula is C16H27NO. The lowest BCUT2D eigenvalue weighted by Gasteiger charge is -2.24. The van der Waals surface area contributed by atoms with Crippen molar-refractivity contribution in [1.82, 2.24) is 5.32 Å². The molecule has 2 nitrogen and oxygen atoms in total. The highest BCUT2D eigenvalue weighted by atomic mass is 16.3. The van der Waals surface area contributed by atoms with Crippen LogP contribution in [0.3, 0.4) is 0 Å². The molecule has 1 atom stereocenters. The average molecular weight is 249 g/mol. The standard InChI is InChI=1S/C16H27NO/c1-3-17-15(16-12-9-13(2)18-16)11-10-14-7-5-4-6-8-14/h9,12,14-15,17H,3-8,10-11H2,1-2H3. The van der Waals surface area contributed by atoms with Crippen molar-refractivity contribution in [2.45, 2.75) is 64.8 Å². The maximum absolute atomic E-state index is 5.78. The number of furan rings is 1. The van der Waals surface area contributed by atoms with Crippen LogP contribution < -0.4 is 5.32 Å². The Hall–Kier alpha value is -0.760. The van der Waals surface area contributed by atoms with Gasteiger partial charge < -0.3 is 9.73 Å². The molecule has 102 valence electrons. The van der Waals surface area contributed by atoms with Gasteiger partial charge in [0.1, 0.15) is 11.5 Å². The van der Waals surface area contributed by atoms with E-state index >= 15 is 0 Å². The number of rotatable bonds is 6. The van der Waals surface area contributed by atoms with Crippen LogP contribution in [-0.4, -0.2) is 6.54 Å². The Labute approximate surface area is 111 Å². The molecule has 0 aliphatic heterocycles. The van der Waals surface area contributed by atoms with Gasteiger partial charge in [0.15, 0.2) is 0 Å². The van der Waals surface area contributed by atoms with Crippen molar-refractivity contribution >= 4 is 0 Å². The molecule has 1 heterocycles. The maximum Gasteiger partial charge on any atom is 0.121 e. The van der Waals surface area contributed by atoms with E-state index in [1.807, 2.05) is 6.92 Å². The number of nitrogens with one attached hydrogen (secondary N) is 1. The van der Waals surface area contributed by atoms with Crippen LogP contribution in [0.15, 0.2) is 16.5 Å². The summed E-state index contributed by atoms with van der Waals surface area (Å²) in [5.74, 6) is 3.09. The van der Waals surface area contributed by atoms with Crippen LogP contribution in [0.5, 0.6) is 0 Å². The predicted molar refractivity (Wildman–Crippen MR) is 75.7 cm³/mol. The van der Waals surface area contributed by atoms with Gasteiger partial charge in [0, 0.05) is 0 Å². The molecular weight excluding hydrogens is 222 g/mol. The molecule has 2 rings (SSSR count). The van der Waals surface area contributed by atoms with Crippen molar-refractivity contribution in [2.24, 2.45) is 5.92 Å². The topological polar surface area (TPSA) is 25.2 Å². The van der Waals surface area contributed by atoms with Gasteiger partial charge in [0.25, 0.3) is 0 Å². The molecule has 0 spiro atoms. The lowest BCUT2D eigenvalue weighted by Crippen LogP contribution is -2.21. The molecule has 1 aromatic rings. The molecule has 1 aliphatic carbocycles. The molecule has 1 unspecified atom stereocenters. The fourth-order valence-corrected chi connectivity index (χ4v) is 3.11. The molecule has 0 amide bonds. The lowest BCUT2D eigenvalue weighted by atomic mass is 9.85. The van der Waals surface area contributed by atoms with E-state index < -0.39 is 0 Å². The first kappa shape index (κ1) is 13.7. The molecule has 18 heavy (non-hydrogen) atoms. The van der Waals surface area contributed by atoms with Crippen LogP contribution in [0.4, 0.5) is 0 Å². The first-order valence-corrected chi connectivity index (χ1v) is 7.59. The highest BCUT2D eigenvalue weighted by Crippen LogP contribution is 2.30. The molecule has 0 bridgehead atoms. The van der Waals surface area contributed by atoms with Crippen molar-refractivity contribution in [3.63, 3.8) is 0 Å². The third-order valence-electron chi connectivity index (χ3n) is 4.14. The van der Waals surface area contributed by atoms with Crippen molar-refractivity contribution in [3.05, 3.63) is 23.7 Å². The van der Waals surface area contributed by atoms with Crippen LogP contribution in [0, 0.1) is 12.8 Å². The summed E-state index contributed by atoms with van der Waals surface area (Å²) in [4.78, 5) is 0. The minimum atomic E-state index is 0.408. The van der Waals surface area contributed by atoms with E-state index in [1.54, 1.807) is 0 Å². The van der Waals surface area contributed by atoms with Crippen molar-refractivity contribution in [1.29, 1.82) is 0 Å². The van der Waals surface area contributed by atoms with E-state index in [0.717, 1.165) is 24.0 Å². The summed E-state index contributed by atoms with van der Waals surface area (Å²) in [5.41, 5.74) is 0. The van der Waals surface area contributed by atoms with Gasteiger partial charge in [-0.1, -0.05) is 39.0 Å². The van der Waals surface area contributed by atoms with Crippen molar-refractivity contribution in [2.75, 3.05) is 6.54 Å². The Kier molecular flexibility index (Phi) is 5.30. The Morgan fingerprint density at radius 1 is 1.28 bits per heavy atom. The molecule has 1 saturated carbocycles. The zero-order valence-corrected chi connectivity index (χ0v) is 11.9. The number of hydrogen-bond donors (Lipinski definition) is 1. The SMILES string of the molecule is CCNC(CCC1CCCCC1)c1ccc(C)o1. The second kappa shape index (κ2) is 6.98. The molecule has 1 aliphatic rings. The van der Waals surface area contributed by atoms with Gasteiger partial charge in [-0.15, -0.1) is 0 Å². The summed E-state index contributed by atoms with van der Waals surface area (Å²) in [6.07, 6.45) is 9.77. The summed E-state index contributed by atoms with van der Waals surface area (Å²) >= 11 is 0. The molecule has 0 saturated heterocycles. The van der Waals surface area contributed by atoms with Gasteiger partial charge in [0.05, 0.1) is 6.04 Å². The highest BCUT2D eigenvalue weighted by molar-refractivity contribution is 5.09. The summed E-state index contributed by atoms with van der Waals surface area (Å²) in [6.45, 7) is 5.20. The Morgan fingerprint density at radius 2 is 2.06 bits per heavy atom. The summed E-state index contributed by atoms with van der Waals surface area (Å²) in [6, 6.07) is 4.61. The average Bonchev–Trinajstić information content (AvgIpc) is 2.82. The summed E-state index contributed by atoms with van der Waals surface area (Å²) in [5, 5.41) is 3.56. The highest BCUT2D eigenvalue weighted by Gasteiger charge is 2.18. The van der Waals surface area contributed by atoms with Gasteiger partial charge >= 0.3 is 0 Å². The molecule has 0 radical (unpaired) electrons. The zero-order chi connectivity index (χ0) is 12.8. The van der Waals surface area contributed by atoms with Crippen LogP contribution in [0.25, 0.3) is 0 Å². The third kappa shape index (κ3) is 3.88. The normalized spacial score (nSPS) is 19.0. The second-order valence-corrected chi connectivity index (χ2v) is 5.64. The monoisotopic (exact) mass is 249 g/mol. The Bertz CT molecular complexity index is 339. The van der Waals surface area contributed by atoms with Crippen LogP contribution in [0.1, 0.15) is 69.4 Å². The summed E-state index contributed by atoms with van der Waals surface area (Å²) in [7, 11) is 0. The van der Waals surface area contributed by atoms with Crippen LogP contribution >= 0.6 is 0 Å². The maximum atomic E-state index is 5.78. The molecule has 1 fully saturated rings. The molecule has 0 aromatic carbocycles. The smallest absolute Gasteiger partial charge is 0.121 e. The molecule has 1 N–H and O–H groups in total. The Morgan fingerprint density at radius 3 is 2.67 bits per heavy atom. The van der Waals surface area contributed by atoms with Gasteiger partial charge in [0.2, 0.25) is 0 Å². The third-order valence-corrected chi connectivity index (χ3v) is 4.14. The van der Waals surface area contributed by atoms with E-state index in [9.17, 15) is 0 Å². The lowest BCUT2D eigenvalue weighted by molar-refractivity contribution is 0.301.